The lowest BCUT2D eigenvalue weighted by Gasteiger charge is -2.09. The highest BCUT2D eigenvalue weighted by molar-refractivity contribution is 5.80. The number of H-pyrrole nitrogens is 1. The lowest BCUT2D eigenvalue weighted by Crippen LogP contribution is -2.05. The van der Waals surface area contributed by atoms with Gasteiger partial charge in [0.25, 0.3) is 0 Å². The summed E-state index contributed by atoms with van der Waals surface area (Å²) in [6, 6.07) is 27.1. The van der Waals surface area contributed by atoms with Crippen LogP contribution in [0.25, 0.3) is 28.6 Å². The van der Waals surface area contributed by atoms with Gasteiger partial charge in [0.2, 0.25) is 0 Å². The molecule has 0 radical (unpaired) electrons. The lowest BCUT2D eigenvalue weighted by atomic mass is 9.98. The van der Waals surface area contributed by atoms with Crippen LogP contribution in [-0.4, -0.2) is 35.4 Å². The van der Waals surface area contributed by atoms with Crippen LogP contribution in [0.1, 0.15) is 36.1 Å². The smallest absolute Gasteiger partial charge is 0.180 e. The first-order valence-electron chi connectivity index (χ1n) is 11.9. The predicted octanol–water partition coefficient (Wildman–Crippen LogP) is 5.38. The minimum Gasteiger partial charge on any atom is -0.242 e. The minimum atomic E-state index is 0.655. The number of aromatic nitrogens is 7. The Kier molecular flexibility index (Phi) is 6.84. The van der Waals surface area contributed by atoms with Crippen molar-refractivity contribution in [2.45, 2.75) is 32.7 Å². The molecule has 7 heteroatoms. The van der Waals surface area contributed by atoms with E-state index in [1.165, 1.54) is 11.1 Å². The molecule has 2 heterocycles. The van der Waals surface area contributed by atoms with Gasteiger partial charge in [-0.2, -0.15) is 5.10 Å². The maximum atomic E-state index is 4.83. The van der Waals surface area contributed by atoms with Crippen LogP contribution >= 0.6 is 0 Å². The Bertz CT molecular complexity index is 1390. The zero-order chi connectivity index (χ0) is 23.9. The van der Waals surface area contributed by atoms with E-state index in [2.05, 4.69) is 94.3 Å². The predicted molar refractivity (Wildman–Crippen MR) is 137 cm³/mol. The summed E-state index contributed by atoms with van der Waals surface area (Å²) in [6.07, 6.45) is 6.89. The first-order chi connectivity index (χ1) is 17.3. The molecule has 174 valence electrons. The van der Waals surface area contributed by atoms with Gasteiger partial charge in [-0.1, -0.05) is 91.9 Å². The summed E-state index contributed by atoms with van der Waals surface area (Å²) in [5.41, 5.74) is 5.61. The summed E-state index contributed by atoms with van der Waals surface area (Å²) in [4.78, 5) is 4.81. The normalized spacial score (nSPS) is 11.3. The Morgan fingerprint density at radius 2 is 1.60 bits per heavy atom. The molecule has 7 nitrogen and oxygen atoms in total. The zero-order valence-corrected chi connectivity index (χ0v) is 19.7. The van der Waals surface area contributed by atoms with Crippen molar-refractivity contribution < 1.29 is 0 Å². The number of rotatable bonds is 9. The molecule has 0 aliphatic rings. The second kappa shape index (κ2) is 10.7. The number of allylic oxidation sites excluding steroid dienone is 1. The van der Waals surface area contributed by atoms with Crippen molar-refractivity contribution in [1.82, 2.24) is 35.4 Å². The first-order valence-corrected chi connectivity index (χ1v) is 11.9. The summed E-state index contributed by atoms with van der Waals surface area (Å²) in [6.45, 7) is 2.79. The standard InChI is InChI=1S/C28H27N7/c1-2-3-13-27-29-26(19-16-21-9-5-4-6-10-21)32-35(27)20-22-14-17-23(18-15-22)24-11-7-8-12-25(24)28-30-33-34-31-28/h3-15,17-18H,2,16,19-20H2,1H3,(H,30,31,33,34)/b13-3+. The third-order valence-electron chi connectivity index (χ3n) is 5.85. The molecule has 0 unspecified atom stereocenters. The fourth-order valence-electron chi connectivity index (χ4n) is 4.05. The van der Waals surface area contributed by atoms with Gasteiger partial charge in [-0.15, -0.1) is 5.10 Å². The summed E-state index contributed by atoms with van der Waals surface area (Å²) in [5.74, 6) is 2.42. The van der Waals surface area contributed by atoms with Crippen molar-refractivity contribution in [2.24, 2.45) is 0 Å². The highest BCUT2D eigenvalue weighted by Crippen LogP contribution is 2.29. The SMILES string of the molecule is CC/C=C/c1nc(CCc2ccccc2)nn1Cc1ccc(-c2ccccc2-c2nnn[nH]2)cc1. The molecule has 35 heavy (non-hydrogen) atoms. The van der Waals surface area contributed by atoms with E-state index in [-0.39, 0.29) is 0 Å². The van der Waals surface area contributed by atoms with Gasteiger partial charge in [-0.05, 0) is 51.6 Å². The number of hydrogen-bond donors (Lipinski definition) is 1. The van der Waals surface area contributed by atoms with E-state index in [0.717, 1.165) is 47.6 Å². The molecule has 0 bridgehead atoms. The lowest BCUT2D eigenvalue weighted by molar-refractivity contribution is 0.663. The number of aromatic amines is 1. The Morgan fingerprint density at radius 3 is 2.34 bits per heavy atom. The highest BCUT2D eigenvalue weighted by atomic mass is 15.5. The molecule has 0 saturated heterocycles. The summed E-state index contributed by atoms with van der Waals surface area (Å²) < 4.78 is 2.00. The molecule has 0 aliphatic heterocycles. The van der Waals surface area contributed by atoms with Crippen molar-refractivity contribution >= 4 is 6.08 Å². The molecular weight excluding hydrogens is 434 g/mol. The largest absolute Gasteiger partial charge is 0.242 e. The van der Waals surface area contributed by atoms with Crippen LogP contribution in [-0.2, 0) is 19.4 Å². The van der Waals surface area contributed by atoms with Crippen molar-refractivity contribution in [3.05, 3.63) is 108 Å². The van der Waals surface area contributed by atoms with E-state index >= 15 is 0 Å². The van der Waals surface area contributed by atoms with Gasteiger partial charge in [-0.25, -0.2) is 14.8 Å². The van der Waals surface area contributed by atoms with Crippen LogP contribution in [0, 0.1) is 0 Å². The van der Waals surface area contributed by atoms with Crippen LogP contribution in [0.15, 0.2) is 84.9 Å². The van der Waals surface area contributed by atoms with Crippen LogP contribution in [0.2, 0.25) is 0 Å². The molecule has 0 aliphatic carbocycles. The van der Waals surface area contributed by atoms with Crippen LogP contribution in [0.3, 0.4) is 0 Å². The number of nitrogens with zero attached hydrogens (tertiary/aromatic N) is 6. The van der Waals surface area contributed by atoms with Crippen LogP contribution in [0.4, 0.5) is 0 Å². The Morgan fingerprint density at radius 1 is 0.829 bits per heavy atom. The van der Waals surface area contributed by atoms with E-state index in [0.29, 0.717) is 12.4 Å². The van der Waals surface area contributed by atoms with E-state index < -0.39 is 0 Å². The van der Waals surface area contributed by atoms with Gasteiger partial charge in [0, 0.05) is 12.0 Å². The Balaban J connectivity index is 1.35. The number of nitrogens with one attached hydrogen (secondary N) is 1. The number of tetrazole rings is 1. The number of benzene rings is 3. The van der Waals surface area contributed by atoms with Crippen molar-refractivity contribution in [2.75, 3.05) is 0 Å². The maximum absolute atomic E-state index is 4.83. The summed E-state index contributed by atoms with van der Waals surface area (Å²) in [5, 5.41) is 19.2. The molecule has 2 aromatic heterocycles. The highest BCUT2D eigenvalue weighted by Gasteiger charge is 2.12. The van der Waals surface area contributed by atoms with Crippen molar-refractivity contribution in [1.29, 1.82) is 0 Å². The van der Waals surface area contributed by atoms with E-state index in [1.54, 1.807) is 0 Å². The minimum absolute atomic E-state index is 0.655. The molecule has 0 fully saturated rings. The van der Waals surface area contributed by atoms with Crippen molar-refractivity contribution in [3.8, 4) is 22.5 Å². The molecule has 5 rings (SSSR count). The quantitative estimate of drug-likeness (QED) is 0.318. The molecular formula is C28H27N7. The molecule has 0 saturated carbocycles. The van der Waals surface area contributed by atoms with E-state index in [4.69, 9.17) is 10.1 Å². The average Bonchev–Trinajstić information content (AvgIpc) is 3.58. The summed E-state index contributed by atoms with van der Waals surface area (Å²) in [7, 11) is 0. The molecule has 3 aromatic carbocycles. The second-order valence-corrected chi connectivity index (χ2v) is 8.33. The van der Waals surface area contributed by atoms with E-state index in [9.17, 15) is 0 Å². The van der Waals surface area contributed by atoms with Crippen LogP contribution < -0.4 is 0 Å². The molecule has 0 spiro atoms. The molecule has 1 N–H and O–H groups in total. The van der Waals surface area contributed by atoms with Gasteiger partial charge in [0.15, 0.2) is 17.5 Å². The first kappa shape index (κ1) is 22.4. The third kappa shape index (κ3) is 5.41. The fourth-order valence-corrected chi connectivity index (χ4v) is 4.05. The molecule has 0 amide bonds. The Hall–Kier alpha value is -4.39. The van der Waals surface area contributed by atoms with Crippen molar-refractivity contribution in [3.63, 3.8) is 0 Å². The summed E-state index contributed by atoms with van der Waals surface area (Å²) >= 11 is 0. The van der Waals surface area contributed by atoms with Gasteiger partial charge >= 0.3 is 0 Å². The zero-order valence-electron chi connectivity index (χ0n) is 19.7. The van der Waals surface area contributed by atoms with E-state index in [1.807, 2.05) is 28.9 Å². The maximum Gasteiger partial charge on any atom is 0.180 e. The van der Waals surface area contributed by atoms with Gasteiger partial charge in [0.05, 0.1) is 6.54 Å². The van der Waals surface area contributed by atoms with Gasteiger partial charge in [0.1, 0.15) is 0 Å². The topological polar surface area (TPSA) is 85.2 Å². The monoisotopic (exact) mass is 461 g/mol. The number of aryl methyl sites for hydroxylation is 2. The molecule has 0 atom stereocenters. The third-order valence-corrected chi connectivity index (χ3v) is 5.85. The van der Waals surface area contributed by atoms with Gasteiger partial charge in [-0.3, -0.25) is 0 Å². The average molecular weight is 462 g/mol. The number of hydrogen-bond acceptors (Lipinski definition) is 5. The van der Waals surface area contributed by atoms with Crippen LogP contribution in [0.5, 0.6) is 0 Å². The Labute approximate surface area is 204 Å². The molecule has 5 aromatic rings. The second-order valence-electron chi connectivity index (χ2n) is 8.33. The van der Waals surface area contributed by atoms with Gasteiger partial charge < -0.3 is 0 Å². The fraction of sp³-hybridized carbons (Fsp3) is 0.179.